The lowest BCUT2D eigenvalue weighted by Gasteiger charge is -2.09. The Balaban J connectivity index is 1.83. The summed E-state index contributed by atoms with van der Waals surface area (Å²) in [5.41, 5.74) is 0.290. The average molecular weight is 405 g/mol. The third-order valence-corrected chi connectivity index (χ3v) is 4.91. The fourth-order valence-electron chi connectivity index (χ4n) is 1.94. The van der Waals surface area contributed by atoms with Crippen molar-refractivity contribution in [2.24, 2.45) is 0 Å². The fourth-order valence-corrected chi connectivity index (χ4v) is 3.25. The van der Waals surface area contributed by atoms with Gasteiger partial charge in [-0.25, -0.2) is 9.36 Å². The minimum absolute atomic E-state index is 0.230. The molecular formula is C14H8Cl3N3O3S. The van der Waals surface area contributed by atoms with Crippen molar-refractivity contribution in [3.63, 3.8) is 0 Å². The Morgan fingerprint density at radius 2 is 2.00 bits per heavy atom. The molecule has 3 aromatic rings. The van der Waals surface area contributed by atoms with Crippen LogP contribution in [0.2, 0.25) is 15.1 Å². The van der Waals surface area contributed by atoms with E-state index in [0.717, 1.165) is 4.57 Å². The molecule has 10 heteroatoms. The number of thiophene rings is 1. The average Bonchev–Trinajstić information content (AvgIpc) is 3.16. The molecule has 2 heterocycles. The van der Waals surface area contributed by atoms with E-state index in [-0.39, 0.29) is 27.4 Å². The molecule has 0 aliphatic rings. The predicted molar refractivity (Wildman–Crippen MR) is 94.2 cm³/mol. The molecule has 0 unspecified atom stereocenters. The summed E-state index contributed by atoms with van der Waals surface area (Å²) in [4.78, 5) is 24.7. The number of halogens is 3. The van der Waals surface area contributed by atoms with Gasteiger partial charge in [0.25, 0.3) is 0 Å². The van der Waals surface area contributed by atoms with Gasteiger partial charge in [-0.3, -0.25) is 9.32 Å². The zero-order chi connectivity index (χ0) is 17.3. The van der Waals surface area contributed by atoms with Crippen LogP contribution in [0.25, 0.3) is 10.7 Å². The molecule has 0 saturated carbocycles. The van der Waals surface area contributed by atoms with E-state index in [0.29, 0.717) is 10.6 Å². The molecule has 0 fully saturated rings. The van der Waals surface area contributed by atoms with Crippen LogP contribution in [-0.4, -0.2) is 15.6 Å². The smallest absolute Gasteiger partial charge is 0.323 e. The molecule has 0 radical (unpaired) electrons. The monoisotopic (exact) mass is 403 g/mol. The first-order valence-electron chi connectivity index (χ1n) is 6.50. The highest BCUT2D eigenvalue weighted by Crippen LogP contribution is 2.32. The number of carbonyl (C=O) groups excluding carboxylic acids is 1. The van der Waals surface area contributed by atoms with E-state index in [4.69, 9.17) is 34.8 Å². The third kappa shape index (κ3) is 3.49. The molecule has 2 aromatic heterocycles. The summed E-state index contributed by atoms with van der Waals surface area (Å²) in [5.74, 6) is -0.933. The number of amides is 1. The van der Waals surface area contributed by atoms with Gasteiger partial charge in [-0.15, -0.1) is 11.3 Å². The quantitative estimate of drug-likeness (QED) is 0.662. The third-order valence-electron chi connectivity index (χ3n) is 3.01. The molecule has 0 spiro atoms. The van der Waals surface area contributed by atoms with Crippen LogP contribution in [0.1, 0.15) is 0 Å². The predicted octanol–water partition coefficient (Wildman–Crippen LogP) is 4.16. The Hall–Kier alpha value is -1.80. The molecule has 124 valence electrons. The molecule has 0 aliphatic carbocycles. The lowest BCUT2D eigenvalue weighted by molar-refractivity contribution is -0.116. The summed E-state index contributed by atoms with van der Waals surface area (Å²) >= 11 is 19.1. The van der Waals surface area contributed by atoms with Crippen molar-refractivity contribution in [3.8, 4) is 10.7 Å². The molecular weight excluding hydrogens is 397 g/mol. The van der Waals surface area contributed by atoms with Crippen LogP contribution in [0.3, 0.4) is 0 Å². The minimum atomic E-state index is -0.728. The number of rotatable bonds is 4. The van der Waals surface area contributed by atoms with Crippen LogP contribution >= 0.6 is 46.1 Å². The number of benzene rings is 1. The van der Waals surface area contributed by atoms with Gasteiger partial charge in [-0.05, 0) is 23.6 Å². The van der Waals surface area contributed by atoms with Gasteiger partial charge in [0.15, 0.2) is 5.82 Å². The molecule has 1 N–H and O–H groups in total. The maximum absolute atomic E-state index is 12.2. The molecule has 0 atom stereocenters. The van der Waals surface area contributed by atoms with E-state index in [1.165, 1.54) is 23.5 Å². The summed E-state index contributed by atoms with van der Waals surface area (Å²) in [6, 6.07) is 6.43. The summed E-state index contributed by atoms with van der Waals surface area (Å²) in [6.45, 7) is -0.286. The van der Waals surface area contributed by atoms with Crippen molar-refractivity contribution in [2.45, 2.75) is 6.54 Å². The second kappa shape index (κ2) is 6.98. The van der Waals surface area contributed by atoms with E-state index in [9.17, 15) is 9.59 Å². The number of nitrogens with zero attached hydrogens (tertiary/aromatic N) is 2. The summed E-state index contributed by atoms with van der Waals surface area (Å²) in [7, 11) is 0. The van der Waals surface area contributed by atoms with Crippen LogP contribution in [0, 0.1) is 0 Å². The van der Waals surface area contributed by atoms with Crippen molar-refractivity contribution in [1.82, 2.24) is 9.72 Å². The highest BCUT2D eigenvalue weighted by Gasteiger charge is 2.17. The van der Waals surface area contributed by atoms with Crippen LogP contribution in [0.5, 0.6) is 0 Å². The van der Waals surface area contributed by atoms with E-state index in [1.807, 2.05) is 5.38 Å². The van der Waals surface area contributed by atoms with Gasteiger partial charge in [-0.2, -0.15) is 0 Å². The first-order valence-corrected chi connectivity index (χ1v) is 8.52. The normalized spacial score (nSPS) is 10.8. The lowest BCUT2D eigenvalue weighted by Crippen LogP contribution is -2.25. The summed E-state index contributed by atoms with van der Waals surface area (Å²) in [5, 5.41) is 8.86. The maximum atomic E-state index is 12.2. The lowest BCUT2D eigenvalue weighted by atomic mass is 10.3. The number of hydrogen-bond acceptors (Lipinski definition) is 5. The SMILES string of the molecule is O=C(Cn1c(-c2cccs2)noc1=O)Nc1cc(Cl)c(Cl)cc1Cl. The highest BCUT2D eigenvalue weighted by molar-refractivity contribution is 7.13. The van der Waals surface area contributed by atoms with E-state index in [1.54, 1.807) is 12.1 Å². The van der Waals surface area contributed by atoms with Gasteiger partial charge in [-0.1, -0.05) is 46.0 Å². The van der Waals surface area contributed by atoms with Crippen LogP contribution in [0.15, 0.2) is 39.0 Å². The number of nitrogens with one attached hydrogen (secondary N) is 1. The molecule has 1 aromatic carbocycles. The fraction of sp³-hybridized carbons (Fsp3) is 0.0714. The minimum Gasteiger partial charge on any atom is -0.323 e. The maximum Gasteiger partial charge on any atom is 0.442 e. The number of carbonyl (C=O) groups is 1. The molecule has 0 bridgehead atoms. The second-order valence-corrected chi connectivity index (χ2v) is 6.80. The Labute approximate surface area is 154 Å². The standard InChI is InChI=1S/C14H8Cl3N3O3S/c15-7-4-9(17)10(5-8(7)16)18-12(21)6-20-13(19-23-14(20)22)11-2-1-3-24-11/h1-5H,6H2,(H,18,21). The van der Waals surface area contributed by atoms with Crippen molar-refractivity contribution >= 4 is 57.7 Å². The second-order valence-electron chi connectivity index (χ2n) is 4.63. The largest absolute Gasteiger partial charge is 0.442 e. The number of aromatic nitrogens is 2. The van der Waals surface area contributed by atoms with Crippen LogP contribution in [-0.2, 0) is 11.3 Å². The van der Waals surface area contributed by atoms with E-state index in [2.05, 4.69) is 15.0 Å². The molecule has 1 amide bonds. The van der Waals surface area contributed by atoms with Crippen molar-refractivity contribution in [3.05, 3.63) is 55.3 Å². The zero-order valence-corrected chi connectivity index (χ0v) is 14.8. The molecule has 0 aliphatic heterocycles. The first kappa shape index (κ1) is 17.0. The summed E-state index contributed by atoms with van der Waals surface area (Å²) in [6.07, 6.45) is 0. The number of anilines is 1. The van der Waals surface area contributed by atoms with Crippen molar-refractivity contribution < 1.29 is 9.32 Å². The van der Waals surface area contributed by atoms with Gasteiger partial charge in [0.1, 0.15) is 6.54 Å². The van der Waals surface area contributed by atoms with Gasteiger partial charge >= 0.3 is 5.76 Å². The molecule has 6 nitrogen and oxygen atoms in total. The Bertz CT molecular complexity index is 950. The van der Waals surface area contributed by atoms with Crippen molar-refractivity contribution in [2.75, 3.05) is 5.32 Å². The Kier molecular flexibility index (Phi) is 4.96. The van der Waals surface area contributed by atoms with Gasteiger partial charge in [0.2, 0.25) is 5.91 Å². The van der Waals surface area contributed by atoms with E-state index < -0.39 is 11.7 Å². The molecule has 0 saturated heterocycles. The summed E-state index contributed by atoms with van der Waals surface area (Å²) < 4.78 is 5.78. The molecule has 3 rings (SSSR count). The van der Waals surface area contributed by atoms with Crippen molar-refractivity contribution in [1.29, 1.82) is 0 Å². The Morgan fingerprint density at radius 1 is 1.25 bits per heavy atom. The topological polar surface area (TPSA) is 77.1 Å². The molecule has 24 heavy (non-hydrogen) atoms. The van der Waals surface area contributed by atoms with Crippen LogP contribution in [0.4, 0.5) is 5.69 Å². The first-order chi connectivity index (χ1) is 11.5. The Morgan fingerprint density at radius 3 is 2.71 bits per heavy atom. The zero-order valence-electron chi connectivity index (χ0n) is 11.8. The number of hydrogen-bond donors (Lipinski definition) is 1. The van der Waals surface area contributed by atoms with Gasteiger partial charge < -0.3 is 5.32 Å². The van der Waals surface area contributed by atoms with Crippen LogP contribution < -0.4 is 11.1 Å². The van der Waals surface area contributed by atoms with Gasteiger partial charge in [0, 0.05) is 0 Å². The van der Waals surface area contributed by atoms with Gasteiger partial charge in [0.05, 0.1) is 25.6 Å². The van der Waals surface area contributed by atoms with E-state index >= 15 is 0 Å². The highest BCUT2D eigenvalue weighted by atomic mass is 35.5.